The molecule has 7 nitrogen and oxygen atoms in total. The number of hydrogen-bond acceptors (Lipinski definition) is 4. The van der Waals surface area contributed by atoms with E-state index in [1.54, 1.807) is 4.68 Å². The molecule has 2 aromatic rings. The molecule has 2 unspecified atom stereocenters. The number of carbonyl (C=O) groups is 1. The first-order valence-electron chi connectivity index (χ1n) is 8.75. The van der Waals surface area contributed by atoms with E-state index in [1.165, 1.54) is 0 Å². The van der Waals surface area contributed by atoms with Gasteiger partial charge in [0, 0.05) is 6.54 Å². The Kier molecular flexibility index (Phi) is 5.33. The Morgan fingerprint density at radius 2 is 2.12 bits per heavy atom. The quantitative estimate of drug-likeness (QED) is 0.795. The number of urea groups is 1. The molecule has 0 spiro atoms. The first-order valence-corrected chi connectivity index (χ1v) is 8.75. The maximum absolute atomic E-state index is 12.3. The van der Waals surface area contributed by atoms with Crippen LogP contribution in [0.15, 0.2) is 24.3 Å². The van der Waals surface area contributed by atoms with Gasteiger partial charge in [0.2, 0.25) is 0 Å². The maximum Gasteiger partial charge on any atom is 0.319 e. The van der Waals surface area contributed by atoms with Gasteiger partial charge in [-0.05, 0) is 51.2 Å². The molecule has 0 aliphatic heterocycles. The summed E-state index contributed by atoms with van der Waals surface area (Å²) < 4.78 is 1.72. The van der Waals surface area contributed by atoms with E-state index in [0.717, 1.165) is 37.2 Å². The number of nitrogens with zero attached hydrogens (tertiary/aromatic N) is 3. The van der Waals surface area contributed by atoms with Gasteiger partial charge in [-0.2, -0.15) is 5.10 Å². The minimum Gasteiger partial charge on any atom is -0.393 e. The number of rotatable bonds is 4. The van der Waals surface area contributed by atoms with Crippen LogP contribution in [0.4, 0.5) is 10.5 Å². The number of amides is 2. The van der Waals surface area contributed by atoms with Crippen LogP contribution in [-0.4, -0.2) is 38.6 Å². The van der Waals surface area contributed by atoms with Crippen LogP contribution in [0.2, 0.25) is 0 Å². The molecule has 3 rings (SSSR count). The number of aliphatic hydroxyl groups excluding tert-OH is 1. The summed E-state index contributed by atoms with van der Waals surface area (Å²) in [6, 6.07) is 7.26. The van der Waals surface area contributed by atoms with Crippen LogP contribution in [0, 0.1) is 19.8 Å². The van der Waals surface area contributed by atoms with E-state index in [0.29, 0.717) is 24.0 Å². The Balaban J connectivity index is 1.65. The van der Waals surface area contributed by atoms with Gasteiger partial charge in [-0.1, -0.05) is 18.6 Å². The second-order valence-electron chi connectivity index (χ2n) is 6.66. The van der Waals surface area contributed by atoms with Gasteiger partial charge in [0.1, 0.15) is 11.6 Å². The van der Waals surface area contributed by atoms with Gasteiger partial charge < -0.3 is 15.7 Å². The van der Waals surface area contributed by atoms with Gasteiger partial charge in [-0.15, -0.1) is 0 Å². The minimum absolute atomic E-state index is 0.233. The van der Waals surface area contributed by atoms with Crippen molar-refractivity contribution >= 4 is 11.7 Å². The fourth-order valence-corrected chi connectivity index (χ4v) is 3.36. The van der Waals surface area contributed by atoms with E-state index in [4.69, 9.17) is 0 Å². The molecule has 0 bridgehead atoms. The van der Waals surface area contributed by atoms with E-state index >= 15 is 0 Å². The van der Waals surface area contributed by atoms with Crippen LogP contribution < -0.4 is 10.6 Å². The molecular weight excluding hydrogens is 318 g/mol. The van der Waals surface area contributed by atoms with Crippen LogP contribution in [-0.2, 0) is 0 Å². The molecule has 1 aliphatic carbocycles. The molecule has 25 heavy (non-hydrogen) atoms. The molecule has 1 fully saturated rings. The number of aliphatic hydroxyl groups is 1. The normalized spacial score (nSPS) is 20.3. The van der Waals surface area contributed by atoms with Crippen molar-refractivity contribution in [3.05, 3.63) is 35.9 Å². The first-order chi connectivity index (χ1) is 12.0. The minimum atomic E-state index is -0.248. The highest BCUT2D eigenvalue weighted by Gasteiger charge is 2.20. The zero-order chi connectivity index (χ0) is 17.8. The fraction of sp³-hybridized carbons (Fsp3) is 0.500. The largest absolute Gasteiger partial charge is 0.393 e. The third-order valence-corrected chi connectivity index (χ3v) is 4.56. The lowest BCUT2D eigenvalue weighted by Crippen LogP contribution is -2.35. The second kappa shape index (κ2) is 7.65. The predicted molar refractivity (Wildman–Crippen MR) is 95.8 cm³/mol. The highest BCUT2D eigenvalue weighted by atomic mass is 16.3. The predicted octanol–water partition coefficient (Wildman–Crippen LogP) is 2.56. The third kappa shape index (κ3) is 4.36. The number of anilines is 1. The molecule has 1 aromatic carbocycles. The number of benzene rings is 1. The Morgan fingerprint density at radius 3 is 2.84 bits per heavy atom. The number of hydrogen-bond donors (Lipinski definition) is 3. The molecule has 0 radical (unpaired) electrons. The van der Waals surface area contributed by atoms with Gasteiger partial charge in [0.15, 0.2) is 0 Å². The summed E-state index contributed by atoms with van der Waals surface area (Å²) in [4.78, 5) is 16.6. The van der Waals surface area contributed by atoms with Crippen molar-refractivity contribution < 1.29 is 9.90 Å². The van der Waals surface area contributed by atoms with Crippen LogP contribution >= 0.6 is 0 Å². The Labute approximate surface area is 147 Å². The molecule has 1 aliphatic rings. The van der Waals surface area contributed by atoms with Crippen molar-refractivity contribution in [2.45, 2.75) is 45.6 Å². The van der Waals surface area contributed by atoms with Crippen LogP contribution in [0.1, 0.15) is 37.3 Å². The summed E-state index contributed by atoms with van der Waals surface area (Å²) in [5.74, 6) is 1.79. The number of aryl methyl sites for hydroxylation is 2. The zero-order valence-corrected chi connectivity index (χ0v) is 14.7. The summed E-state index contributed by atoms with van der Waals surface area (Å²) in [5.41, 5.74) is 1.46. The second-order valence-corrected chi connectivity index (χ2v) is 6.66. The Bertz CT molecular complexity index is 743. The van der Waals surface area contributed by atoms with E-state index in [2.05, 4.69) is 20.7 Å². The molecule has 134 valence electrons. The fourth-order valence-electron chi connectivity index (χ4n) is 3.36. The lowest BCUT2D eigenvalue weighted by molar-refractivity contribution is 0.101. The van der Waals surface area contributed by atoms with Crippen molar-refractivity contribution in [3.63, 3.8) is 0 Å². The van der Waals surface area contributed by atoms with Crippen LogP contribution in [0.5, 0.6) is 0 Å². The molecule has 1 heterocycles. The van der Waals surface area contributed by atoms with E-state index in [-0.39, 0.29) is 12.1 Å². The van der Waals surface area contributed by atoms with E-state index < -0.39 is 0 Å². The smallest absolute Gasteiger partial charge is 0.319 e. The summed E-state index contributed by atoms with van der Waals surface area (Å²) in [6.45, 7) is 4.29. The molecule has 2 atom stereocenters. The topological polar surface area (TPSA) is 92.1 Å². The summed E-state index contributed by atoms with van der Waals surface area (Å²) in [6.07, 6.45) is 3.46. The van der Waals surface area contributed by atoms with Crippen molar-refractivity contribution in [1.82, 2.24) is 20.1 Å². The Morgan fingerprint density at radius 1 is 1.32 bits per heavy atom. The van der Waals surface area contributed by atoms with E-state index in [9.17, 15) is 9.90 Å². The molecule has 0 saturated heterocycles. The lowest BCUT2D eigenvalue weighted by atomic mass is 9.87. The molecular formula is C18H25N5O2. The average Bonchev–Trinajstić information content (AvgIpc) is 2.92. The van der Waals surface area contributed by atoms with Crippen LogP contribution in [0.3, 0.4) is 0 Å². The number of carbonyl (C=O) groups excluding carboxylic acids is 1. The standard InChI is InChI=1S/C18H25N5O2/c1-12-20-13(2)23(22-12)17-9-4-3-8-16(17)21-18(25)19-11-14-6-5-7-15(24)10-14/h3-4,8-9,14-15,24H,5-7,10-11H2,1-2H3,(H2,19,21,25). The molecule has 1 saturated carbocycles. The van der Waals surface area contributed by atoms with Crippen LogP contribution in [0.25, 0.3) is 5.69 Å². The third-order valence-electron chi connectivity index (χ3n) is 4.56. The van der Waals surface area contributed by atoms with E-state index in [1.807, 2.05) is 38.1 Å². The first kappa shape index (κ1) is 17.4. The number of nitrogens with one attached hydrogen (secondary N) is 2. The maximum atomic E-state index is 12.3. The van der Waals surface area contributed by atoms with Crippen molar-refractivity contribution in [2.75, 3.05) is 11.9 Å². The van der Waals surface area contributed by atoms with Crippen molar-refractivity contribution in [3.8, 4) is 5.69 Å². The summed E-state index contributed by atoms with van der Waals surface area (Å²) >= 11 is 0. The highest BCUT2D eigenvalue weighted by Crippen LogP contribution is 2.24. The molecule has 2 amide bonds. The average molecular weight is 343 g/mol. The lowest BCUT2D eigenvalue weighted by Gasteiger charge is -2.26. The SMILES string of the molecule is Cc1nc(C)n(-c2ccccc2NC(=O)NCC2CCCC(O)C2)n1. The van der Waals surface area contributed by atoms with Crippen molar-refractivity contribution in [2.24, 2.45) is 5.92 Å². The summed E-state index contributed by atoms with van der Waals surface area (Å²) in [7, 11) is 0. The zero-order valence-electron chi connectivity index (χ0n) is 14.7. The van der Waals surface area contributed by atoms with Gasteiger partial charge in [-0.25, -0.2) is 14.5 Å². The number of aromatic nitrogens is 3. The molecule has 1 aromatic heterocycles. The Hall–Kier alpha value is -2.41. The summed E-state index contributed by atoms with van der Waals surface area (Å²) in [5, 5.41) is 19.9. The van der Waals surface area contributed by atoms with Gasteiger partial charge in [0.05, 0.1) is 17.5 Å². The monoisotopic (exact) mass is 343 g/mol. The highest BCUT2D eigenvalue weighted by molar-refractivity contribution is 5.91. The van der Waals surface area contributed by atoms with Crippen molar-refractivity contribution in [1.29, 1.82) is 0 Å². The van der Waals surface area contributed by atoms with Gasteiger partial charge >= 0.3 is 6.03 Å². The molecule has 3 N–H and O–H groups in total. The molecule has 7 heteroatoms. The number of para-hydroxylation sites is 2. The van der Waals surface area contributed by atoms with Gasteiger partial charge in [0.25, 0.3) is 0 Å². The van der Waals surface area contributed by atoms with Gasteiger partial charge in [-0.3, -0.25) is 0 Å².